The van der Waals surface area contributed by atoms with Crippen molar-refractivity contribution in [3.8, 4) is 5.69 Å². The summed E-state index contributed by atoms with van der Waals surface area (Å²) in [7, 11) is 0. The van der Waals surface area contributed by atoms with E-state index in [1.165, 1.54) is 76.6 Å². The molecule has 0 radical (unpaired) electrons. The van der Waals surface area contributed by atoms with Gasteiger partial charge in [0.25, 0.3) is 0 Å². The molecule has 2 atom stereocenters. The van der Waals surface area contributed by atoms with Crippen molar-refractivity contribution in [2.24, 2.45) is 0 Å². The van der Waals surface area contributed by atoms with Gasteiger partial charge in [0.2, 0.25) is 0 Å². The number of para-hydroxylation sites is 3. The maximum absolute atomic E-state index is 3.77. The Morgan fingerprint density at radius 1 is 0.638 bits per heavy atom. The van der Waals surface area contributed by atoms with Crippen molar-refractivity contribution >= 4 is 66.6 Å². The molecule has 47 heavy (non-hydrogen) atoms. The number of nitrogens with zero attached hydrogens (tertiary/aromatic N) is 2. The van der Waals surface area contributed by atoms with Gasteiger partial charge in [-0.1, -0.05) is 127 Å². The molecule has 224 valence electrons. The number of rotatable bonds is 4. The number of aromatic nitrogens is 2. The Hall–Kier alpha value is -5.45. The first-order valence-electron chi connectivity index (χ1n) is 16.3. The van der Waals surface area contributed by atoms with Crippen LogP contribution in [0.5, 0.6) is 0 Å². The second-order valence-electron chi connectivity index (χ2n) is 12.5. The summed E-state index contributed by atoms with van der Waals surface area (Å²) in [4.78, 5) is 1.31. The molecule has 0 bridgehead atoms. The molecule has 2 aromatic heterocycles. The summed E-state index contributed by atoms with van der Waals surface area (Å²) in [6, 6.07) is 51.1. The lowest BCUT2D eigenvalue weighted by atomic mass is 9.96. The molecule has 1 N–H and O–H groups in total. The minimum absolute atomic E-state index is 0.192. The van der Waals surface area contributed by atoms with Crippen LogP contribution < -0.4 is 5.32 Å². The zero-order valence-electron chi connectivity index (χ0n) is 25.7. The van der Waals surface area contributed by atoms with Crippen LogP contribution in [-0.2, 0) is 0 Å². The molecule has 0 spiro atoms. The van der Waals surface area contributed by atoms with E-state index >= 15 is 0 Å². The van der Waals surface area contributed by atoms with Crippen LogP contribution in [0.2, 0.25) is 0 Å². The van der Waals surface area contributed by atoms with Gasteiger partial charge in [-0.15, -0.1) is 0 Å². The van der Waals surface area contributed by atoms with E-state index in [9.17, 15) is 0 Å². The van der Waals surface area contributed by atoms with Crippen LogP contribution in [0.25, 0.3) is 54.9 Å². The Balaban J connectivity index is 1.14. The average Bonchev–Trinajstić information content (AvgIpc) is 3.82. The first kappa shape index (κ1) is 26.7. The minimum Gasteiger partial charge on any atom is -0.368 e. The summed E-state index contributed by atoms with van der Waals surface area (Å²) < 4.78 is 5.04. The predicted octanol–water partition coefficient (Wildman–Crippen LogP) is 11.7. The number of thioether (sulfide) groups is 1. The van der Waals surface area contributed by atoms with Gasteiger partial charge in [-0.3, -0.25) is 0 Å². The van der Waals surface area contributed by atoms with Crippen molar-refractivity contribution in [1.82, 2.24) is 9.13 Å². The van der Waals surface area contributed by atoms with Gasteiger partial charge in [-0.05, 0) is 65.6 Å². The quantitative estimate of drug-likeness (QED) is 0.211. The van der Waals surface area contributed by atoms with E-state index in [4.69, 9.17) is 0 Å². The number of anilines is 1. The van der Waals surface area contributed by atoms with E-state index < -0.39 is 0 Å². The van der Waals surface area contributed by atoms with Gasteiger partial charge in [0.05, 0.1) is 22.6 Å². The fraction of sp³-hybridized carbons (Fsp3) is 0.0698. The van der Waals surface area contributed by atoms with E-state index in [-0.39, 0.29) is 11.4 Å². The number of hydrogen-bond donors (Lipinski definition) is 1. The fourth-order valence-corrected chi connectivity index (χ4v) is 8.90. The highest BCUT2D eigenvalue weighted by Crippen LogP contribution is 2.48. The smallest absolute Gasteiger partial charge is 0.103 e. The highest BCUT2D eigenvalue weighted by atomic mass is 32.2. The third kappa shape index (κ3) is 4.15. The number of nitrogens with one attached hydrogen (secondary N) is 1. The van der Waals surface area contributed by atoms with Gasteiger partial charge >= 0.3 is 0 Å². The van der Waals surface area contributed by atoms with Crippen molar-refractivity contribution in [2.75, 3.05) is 5.32 Å². The lowest BCUT2D eigenvalue weighted by Crippen LogP contribution is -2.08. The Kier molecular flexibility index (Phi) is 6.00. The predicted molar refractivity (Wildman–Crippen MR) is 200 cm³/mol. The van der Waals surface area contributed by atoms with Gasteiger partial charge in [0.1, 0.15) is 5.37 Å². The summed E-state index contributed by atoms with van der Waals surface area (Å²) in [5, 5.41) is 9.19. The molecule has 2 aliphatic rings. The van der Waals surface area contributed by atoms with Gasteiger partial charge < -0.3 is 14.5 Å². The van der Waals surface area contributed by atoms with Crippen LogP contribution in [0.3, 0.4) is 0 Å². The Morgan fingerprint density at radius 3 is 2.23 bits per heavy atom. The zero-order chi connectivity index (χ0) is 30.9. The Morgan fingerprint density at radius 2 is 1.38 bits per heavy atom. The molecule has 0 saturated carbocycles. The lowest BCUT2D eigenvalue weighted by molar-refractivity contribution is 0.650. The fourth-order valence-electron chi connectivity index (χ4n) is 7.78. The van der Waals surface area contributed by atoms with Crippen molar-refractivity contribution in [3.63, 3.8) is 0 Å². The highest BCUT2D eigenvalue weighted by molar-refractivity contribution is 8.00. The molecule has 1 aliphatic heterocycles. The summed E-state index contributed by atoms with van der Waals surface area (Å²) in [6.45, 7) is 0. The first-order valence-corrected chi connectivity index (χ1v) is 17.2. The maximum Gasteiger partial charge on any atom is 0.103 e. The molecule has 3 heterocycles. The minimum atomic E-state index is 0.192. The third-order valence-electron chi connectivity index (χ3n) is 9.85. The van der Waals surface area contributed by atoms with E-state index in [0.717, 1.165) is 6.42 Å². The SMILES string of the molecule is C1=CC(c2ccc3c(c2)NC(c2ccccc2)S3)=CC(n2c3ccccc3c3c4c(ccc32)c2ccccc2n4-c2ccccc2)C1. The molecule has 0 fully saturated rings. The molecular weight excluding hydrogens is 591 g/mol. The monoisotopic (exact) mass is 621 g/mol. The van der Waals surface area contributed by atoms with Crippen LogP contribution in [0.15, 0.2) is 163 Å². The largest absolute Gasteiger partial charge is 0.368 e. The maximum atomic E-state index is 3.77. The van der Waals surface area contributed by atoms with Gasteiger partial charge in [0.15, 0.2) is 0 Å². The Bertz CT molecular complexity index is 2550. The number of allylic oxidation sites excluding steroid dienone is 4. The molecular formula is C43H31N3S. The molecule has 3 nitrogen and oxygen atoms in total. The Labute approximate surface area is 277 Å². The number of benzene rings is 6. The van der Waals surface area contributed by atoms with Crippen LogP contribution in [0, 0.1) is 0 Å². The van der Waals surface area contributed by atoms with Crippen LogP contribution >= 0.6 is 11.8 Å². The number of hydrogen-bond acceptors (Lipinski definition) is 2. The molecule has 0 amide bonds. The standard InChI is InChI=1S/C43H31N3S/c1-3-12-28(13-4-1)43-44-36-27-30(22-25-40(36)47-43)29-14-11-17-32(26-29)45-38-21-10-8-19-35(38)41-39(45)24-23-34-33-18-7-9-20-37(33)46(42(34)41)31-15-5-2-6-16-31/h1-16,18-27,32,43-44H,17H2. The number of fused-ring (bicyclic) bond motifs is 8. The second-order valence-corrected chi connectivity index (χ2v) is 13.7. The highest BCUT2D eigenvalue weighted by Gasteiger charge is 2.25. The summed E-state index contributed by atoms with van der Waals surface area (Å²) in [5.74, 6) is 0. The molecule has 2 unspecified atom stereocenters. The molecule has 10 rings (SSSR count). The molecule has 0 saturated heterocycles. The van der Waals surface area contributed by atoms with Crippen LogP contribution in [-0.4, -0.2) is 9.13 Å². The van der Waals surface area contributed by atoms with Crippen LogP contribution in [0.4, 0.5) is 5.69 Å². The summed E-state index contributed by atoms with van der Waals surface area (Å²) in [5.41, 5.74) is 11.3. The van der Waals surface area contributed by atoms with Crippen LogP contribution in [0.1, 0.15) is 29.0 Å². The zero-order valence-corrected chi connectivity index (χ0v) is 26.5. The van der Waals surface area contributed by atoms with Gasteiger partial charge in [-0.25, -0.2) is 0 Å². The van der Waals surface area contributed by atoms with E-state index in [0.29, 0.717) is 0 Å². The van der Waals surface area contributed by atoms with Crippen molar-refractivity contribution in [1.29, 1.82) is 0 Å². The van der Waals surface area contributed by atoms with Gasteiger partial charge in [-0.2, -0.15) is 0 Å². The average molecular weight is 622 g/mol. The summed E-state index contributed by atoms with van der Waals surface area (Å²) >= 11 is 1.89. The first-order chi connectivity index (χ1) is 23.3. The van der Waals surface area contributed by atoms with E-state index in [1.807, 2.05) is 11.8 Å². The topological polar surface area (TPSA) is 21.9 Å². The second kappa shape index (κ2) is 10.5. The summed E-state index contributed by atoms with van der Waals surface area (Å²) in [6.07, 6.45) is 8.07. The van der Waals surface area contributed by atoms with Crippen molar-refractivity contribution < 1.29 is 0 Å². The molecule has 8 aromatic rings. The normalized spacial score (nSPS) is 17.4. The molecule has 1 aliphatic carbocycles. The van der Waals surface area contributed by atoms with Gasteiger partial charge in [0, 0.05) is 43.3 Å². The van der Waals surface area contributed by atoms with E-state index in [1.54, 1.807) is 0 Å². The molecule has 4 heteroatoms. The lowest BCUT2D eigenvalue weighted by Gasteiger charge is -2.21. The van der Waals surface area contributed by atoms with Crippen molar-refractivity contribution in [3.05, 3.63) is 169 Å². The van der Waals surface area contributed by atoms with E-state index in [2.05, 4.69) is 172 Å². The molecule has 6 aromatic carbocycles. The third-order valence-corrected chi connectivity index (χ3v) is 11.1. The van der Waals surface area contributed by atoms with Crippen molar-refractivity contribution in [2.45, 2.75) is 22.7 Å².